The predicted octanol–water partition coefficient (Wildman–Crippen LogP) is 0.209. The molecule has 0 radical (unpaired) electrons. The van der Waals surface area contributed by atoms with Gasteiger partial charge in [-0.1, -0.05) is 11.6 Å². The largest absolute Gasteiger partial charge is 0.342 e. The van der Waals surface area contributed by atoms with E-state index < -0.39 is 19.4 Å². The molecule has 0 spiro atoms. The lowest BCUT2D eigenvalue weighted by Crippen LogP contribution is -2.30. The van der Waals surface area contributed by atoms with Crippen LogP contribution < -0.4 is 11.1 Å². The summed E-state index contributed by atoms with van der Waals surface area (Å²) in [6, 6.07) is 3.20. The summed E-state index contributed by atoms with van der Waals surface area (Å²) in [5.41, 5.74) is 0.0990. The first-order valence-electron chi connectivity index (χ1n) is 6.20. The Morgan fingerprint density at radius 3 is 2.30 bits per heavy atom. The van der Waals surface area contributed by atoms with Crippen LogP contribution in [-0.2, 0) is 15.9 Å². The number of H-pyrrole nitrogens is 2. The fraction of sp³-hybridized carbons (Fsp3) is 0.250. The van der Waals surface area contributed by atoms with Crippen molar-refractivity contribution >= 4 is 36.8 Å². The standard InChI is InChI=1S/C12H12ClN3O3.H3O3P/c1-6(17)16(2)5-7-3-8(13)4-9-10(7)15-12(19)11(18)14-9;1-4(2)3/h3-4H,5H2,1-2H3,(H,14,18)(H,15,19);4H,(H2,1,2,3). The fourth-order valence-electron chi connectivity index (χ4n) is 1.75. The minimum absolute atomic E-state index is 0.111. The Bertz CT molecular complexity index is 858. The molecule has 0 saturated carbocycles. The van der Waals surface area contributed by atoms with Crippen molar-refractivity contribution in [3.63, 3.8) is 0 Å². The molecule has 0 atom stereocenters. The van der Waals surface area contributed by atoms with Gasteiger partial charge in [0, 0.05) is 25.5 Å². The Kier molecular flexibility index (Phi) is 6.71. The van der Waals surface area contributed by atoms with Crippen LogP contribution in [0.25, 0.3) is 11.0 Å². The molecule has 0 unspecified atom stereocenters. The molecule has 0 aliphatic rings. The quantitative estimate of drug-likeness (QED) is 0.443. The van der Waals surface area contributed by atoms with E-state index in [9.17, 15) is 14.4 Å². The SMILES string of the molecule is CC(=O)N(C)Cc1cc(Cl)cc2[nH]c(=O)c(=O)[nH]c12.O=[PH](O)O. The average Bonchev–Trinajstić information content (AvgIpc) is 2.40. The lowest BCUT2D eigenvalue weighted by molar-refractivity contribution is -0.128. The number of hydrogen-bond acceptors (Lipinski definition) is 4. The molecule has 0 aliphatic heterocycles. The predicted molar refractivity (Wildman–Crippen MR) is 85.8 cm³/mol. The van der Waals surface area contributed by atoms with E-state index in [0.717, 1.165) is 0 Å². The molecule has 1 heterocycles. The van der Waals surface area contributed by atoms with Crippen molar-refractivity contribution in [1.29, 1.82) is 0 Å². The van der Waals surface area contributed by atoms with Gasteiger partial charge in [-0.25, -0.2) is 0 Å². The normalized spacial score (nSPS) is 10.3. The number of carbonyl (C=O) groups excluding carboxylic acids is 1. The Labute approximate surface area is 135 Å². The smallest absolute Gasteiger partial charge is 0.314 e. The van der Waals surface area contributed by atoms with Crippen LogP contribution in [0.1, 0.15) is 12.5 Å². The summed E-state index contributed by atoms with van der Waals surface area (Å²) in [5.74, 6) is -0.111. The topological polar surface area (TPSA) is 144 Å². The molecule has 1 amide bonds. The monoisotopic (exact) mass is 363 g/mol. The summed E-state index contributed by atoms with van der Waals surface area (Å²) >= 11 is 5.96. The molecule has 0 saturated heterocycles. The number of hydrogen-bond donors (Lipinski definition) is 4. The lowest BCUT2D eigenvalue weighted by Gasteiger charge is -2.16. The van der Waals surface area contributed by atoms with Gasteiger partial charge in [-0.05, 0) is 17.7 Å². The summed E-state index contributed by atoms with van der Waals surface area (Å²) in [7, 11) is -1.49. The minimum atomic E-state index is -3.13. The van der Waals surface area contributed by atoms with E-state index in [1.165, 1.54) is 11.8 Å². The van der Waals surface area contributed by atoms with E-state index >= 15 is 0 Å². The molecule has 0 bridgehead atoms. The molecule has 23 heavy (non-hydrogen) atoms. The molecule has 2 rings (SSSR count). The zero-order valence-electron chi connectivity index (χ0n) is 12.2. The summed E-state index contributed by atoms with van der Waals surface area (Å²) in [5, 5.41) is 0.419. The van der Waals surface area contributed by atoms with Crippen molar-refractivity contribution in [2.24, 2.45) is 0 Å². The Morgan fingerprint density at radius 1 is 1.26 bits per heavy atom. The van der Waals surface area contributed by atoms with Crippen LogP contribution in [-0.4, -0.2) is 37.6 Å². The summed E-state index contributed by atoms with van der Waals surface area (Å²) in [6.45, 7) is 1.73. The summed E-state index contributed by atoms with van der Waals surface area (Å²) < 4.78 is 8.74. The second-order valence-electron chi connectivity index (χ2n) is 4.55. The van der Waals surface area contributed by atoms with E-state index in [4.69, 9.17) is 26.0 Å². The number of benzene rings is 1. The molecule has 0 fully saturated rings. The number of amides is 1. The van der Waals surface area contributed by atoms with Gasteiger partial charge in [0.05, 0.1) is 11.0 Å². The van der Waals surface area contributed by atoms with Gasteiger partial charge in [0.15, 0.2) is 0 Å². The number of fused-ring (bicyclic) bond motifs is 1. The van der Waals surface area contributed by atoms with Crippen molar-refractivity contribution in [3.05, 3.63) is 43.4 Å². The minimum Gasteiger partial charge on any atom is -0.342 e. The second-order valence-corrected chi connectivity index (χ2v) is 5.55. The van der Waals surface area contributed by atoms with Gasteiger partial charge in [0.25, 0.3) is 0 Å². The van der Waals surface area contributed by atoms with Crippen LogP contribution in [0.2, 0.25) is 5.02 Å². The first kappa shape index (κ1) is 19.1. The molecule has 126 valence electrons. The van der Waals surface area contributed by atoms with Gasteiger partial charge in [-0.3, -0.25) is 18.9 Å². The number of halogens is 1. The number of rotatable bonds is 2. The highest BCUT2D eigenvalue weighted by Crippen LogP contribution is 2.20. The van der Waals surface area contributed by atoms with Crippen LogP contribution in [0, 0.1) is 0 Å². The van der Waals surface area contributed by atoms with Gasteiger partial charge in [-0.15, -0.1) is 0 Å². The zero-order valence-corrected chi connectivity index (χ0v) is 14.0. The van der Waals surface area contributed by atoms with E-state index in [0.29, 0.717) is 21.6 Å². The Balaban J connectivity index is 0.000000593. The van der Waals surface area contributed by atoms with Crippen molar-refractivity contribution in [3.8, 4) is 0 Å². The van der Waals surface area contributed by atoms with Gasteiger partial charge in [0.1, 0.15) is 0 Å². The van der Waals surface area contributed by atoms with Crippen molar-refractivity contribution in [2.75, 3.05) is 7.05 Å². The highest BCUT2D eigenvalue weighted by molar-refractivity contribution is 7.30. The lowest BCUT2D eigenvalue weighted by atomic mass is 10.1. The number of aromatic nitrogens is 2. The molecule has 0 aliphatic carbocycles. The number of carbonyl (C=O) groups is 1. The maximum Gasteiger partial charge on any atom is 0.314 e. The average molecular weight is 364 g/mol. The van der Waals surface area contributed by atoms with Crippen LogP contribution in [0.3, 0.4) is 0 Å². The van der Waals surface area contributed by atoms with Gasteiger partial charge in [0.2, 0.25) is 5.91 Å². The van der Waals surface area contributed by atoms with Crippen molar-refractivity contribution in [1.82, 2.24) is 14.9 Å². The molecular weight excluding hydrogens is 349 g/mol. The van der Waals surface area contributed by atoms with Crippen LogP contribution >= 0.6 is 19.9 Å². The maximum absolute atomic E-state index is 11.4. The molecule has 9 nitrogen and oxygen atoms in total. The third-order valence-electron chi connectivity index (χ3n) is 2.82. The first-order valence-corrected chi connectivity index (χ1v) is 7.88. The highest BCUT2D eigenvalue weighted by Gasteiger charge is 2.10. The summed E-state index contributed by atoms with van der Waals surface area (Å²) in [4.78, 5) is 54.7. The van der Waals surface area contributed by atoms with Crippen LogP contribution in [0.5, 0.6) is 0 Å². The first-order chi connectivity index (χ1) is 10.6. The number of nitrogens with one attached hydrogen (secondary N) is 2. The van der Waals surface area contributed by atoms with Crippen molar-refractivity contribution in [2.45, 2.75) is 13.5 Å². The Morgan fingerprint density at radius 2 is 1.78 bits per heavy atom. The summed E-state index contributed by atoms with van der Waals surface area (Å²) in [6.07, 6.45) is 0. The highest BCUT2D eigenvalue weighted by atomic mass is 35.5. The zero-order chi connectivity index (χ0) is 17.7. The van der Waals surface area contributed by atoms with Gasteiger partial charge < -0.3 is 24.7 Å². The molecular formula is C12H15ClN3O6P. The molecule has 11 heteroatoms. The molecule has 4 N–H and O–H groups in total. The Hall–Kier alpha value is -1.93. The fourth-order valence-corrected chi connectivity index (χ4v) is 1.99. The number of aromatic amines is 2. The third-order valence-corrected chi connectivity index (χ3v) is 3.04. The molecule has 1 aromatic heterocycles. The van der Waals surface area contributed by atoms with E-state index in [1.807, 2.05) is 0 Å². The van der Waals surface area contributed by atoms with Gasteiger partial charge >= 0.3 is 19.4 Å². The van der Waals surface area contributed by atoms with Crippen LogP contribution in [0.4, 0.5) is 0 Å². The molecule has 1 aromatic carbocycles. The van der Waals surface area contributed by atoms with Crippen molar-refractivity contribution < 1.29 is 19.1 Å². The van der Waals surface area contributed by atoms with Crippen LogP contribution in [0.15, 0.2) is 21.7 Å². The van der Waals surface area contributed by atoms with Gasteiger partial charge in [-0.2, -0.15) is 0 Å². The van der Waals surface area contributed by atoms with E-state index in [1.54, 1.807) is 19.2 Å². The third kappa shape index (κ3) is 5.65. The maximum atomic E-state index is 11.4. The molecule has 2 aromatic rings. The van der Waals surface area contributed by atoms with E-state index in [-0.39, 0.29) is 12.5 Å². The second kappa shape index (κ2) is 8.07. The van der Waals surface area contributed by atoms with E-state index in [2.05, 4.69) is 9.97 Å². The number of nitrogens with zero attached hydrogens (tertiary/aromatic N) is 1.